The van der Waals surface area contributed by atoms with E-state index in [-0.39, 0.29) is 0 Å². The Kier molecular flexibility index (Phi) is 2.89. The summed E-state index contributed by atoms with van der Waals surface area (Å²) >= 11 is 0. The minimum atomic E-state index is 0.391. The maximum Gasteiger partial charge on any atom is 0.0911 e. The molecule has 0 aromatic rings. The molecular formula is C14H25N3. The van der Waals surface area contributed by atoms with Gasteiger partial charge in [0.15, 0.2) is 0 Å². The van der Waals surface area contributed by atoms with Crippen LogP contribution in [0.25, 0.3) is 0 Å². The van der Waals surface area contributed by atoms with Gasteiger partial charge in [0.25, 0.3) is 0 Å². The highest BCUT2D eigenvalue weighted by Gasteiger charge is 2.47. The summed E-state index contributed by atoms with van der Waals surface area (Å²) in [5, 5.41) is 7.51. The van der Waals surface area contributed by atoms with Crippen molar-refractivity contribution in [3.05, 3.63) is 0 Å². The van der Waals surface area contributed by atoms with Crippen LogP contribution in [0, 0.1) is 16.7 Å². The van der Waals surface area contributed by atoms with E-state index in [4.69, 9.17) is 11.1 Å². The number of rotatable bonds is 4. The molecule has 2 aliphatic carbocycles. The zero-order valence-corrected chi connectivity index (χ0v) is 10.8. The van der Waals surface area contributed by atoms with Crippen LogP contribution in [0.2, 0.25) is 0 Å². The van der Waals surface area contributed by atoms with Crippen molar-refractivity contribution in [2.24, 2.45) is 17.1 Å². The minimum absolute atomic E-state index is 0.391. The Bertz CT molecular complexity index is 309. The van der Waals surface area contributed by atoms with Gasteiger partial charge in [0, 0.05) is 19.0 Å². The molecule has 96 valence electrons. The molecule has 2 saturated carbocycles. The Balaban J connectivity index is 1.60. The van der Waals surface area contributed by atoms with Crippen molar-refractivity contribution in [2.75, 3.05) is 13.1 Å². The van der Waals surface area contributed by atoms with E-state index in [1.807, 2.05) is 0 Å². The van der Waals surface area contributed by atoms with E-state index in [0.717, 1.165) is 18.4 Å². The SMILES string of the molecule is N=C(N)CC1(CN2CCC3CCCCC32)CC1. The lowest BCUT2D eigenvalue weighted by Crippen LogP contribution is -2.39. The first kappa shape index (κ1) is 11.5. The van der Waals surface area contributed by atoms with Crippen molar-refractivity contribution in [1.29, 1.82) is 5.41 Å². The predicted octanol–water partition coefficient (Wildman–Crippen LogP) is 2.36. The molecule has 2 atom stereocenters. The Morgan fingerprint density at radius 1 is 1.24 bits per heavy atom. The van der Waals surface area contributed by atoms with Crippen molar-refractivity contribution in [1.82, 2.24) is 4.90 Å². The molecule has 3 aliphatic rings. The quantitative estimate of drug-likeness (QED) is 0.580. The van der Waals surface area contributed by atoms with Crippen LogP contribution in [0.3, 0.4) is 0 Å². The van der Waals surface area contributed by atoms with Crippen LogP contribution in [0.4, 0.5) is 0 Å². The van der Waals surface area contributed by atoms with Gasteiger partial charge in [-0.2, -0.15) is 0 Å². The molecule has 0 aromatic carbocycles. The van der Waals surface area contributed by atoms with Crippen molar-refractivity contribution in [3.8, 4) is 0 Å². The molecule has 1 aliphatic heterocycles. The molecule has 3 nitrogen and oxygen atoms in total. The van der Waals surface area contributed by atoms with E-state index in [9.17, 15) is 0 Å². The maximum absolute atomic E-state index is 7.51. The van der Waals surface area contributed by atoms with Crippen molar-refractivity contribution in [2.45, 2.75) is 57.4 Å². The van der Waals surface area contributed by atoms with E-state index in [2.05, 4.69) is 4.90 Å². The van der Waals surface area contributed by atoms with Crippen molar-refractivity contribution < 1.29 is 0 Å². The van der Waals surface area contributed by atoms with E-state index in [1.54, 1.807) is 0 Å². The number of amidine groups is 1. The van der Waals surface area contributed by atoms with Crippen LogP contribution in [0.15, 0.2) is 0 Å². The third kappa shape index (κ3) is 2.35. The third-order valence-electron chi connectivity index (χ3n) is 5.19. The zero-order chi connectivity index (χ0) is 11.9. The van der Waals surface area contributed by atoms with Gasteiger partial charge in [-0.1, -0.05) is 12.8 Å². The van der Waals surface area contributed by atoms with Gasteiger partial charge >= 0.3 is 0 Å². The second-order valence-electron chi connectivity index (χ2n) is 6.57. The van der Waals surface area contributed by atoms with Crippen LogP contribution < -0.4 is 5.73 Å². The molecule has 0 bridgehead atoms. The average Bonchev–Trinajstić information content (AvgIpc) is 2.91. The van der Waals surface area contributed by atoms with Crippen molar-refractivity contribution >= 4 is 5.84 Å². The summed E-state index contributed by atoms with van der Waals surface area (Å²) in [6, 6.07) is 0.869. The van der Waals surface area contributed by atoms with Crippen LogP contribution in [0.5, 0.6) is 0 Å². The molecule has 0 radical (unpaired) electrons. The maximum atomic E-state index is 7.51. The molecular weight excluding hydrogens is 210 g/mol. The highest BCUT2D eigenvalue weighted by Crippen LogP contribution is 2.51. The second-order valence-corrected chi connectivity index (χ2v) is 6.57. The second kappa shape index (κ2) is 4.27. The highest BCUT2D eigenvalue weighted by atomic mass is 15.2. The number of nitrogens with one attached hydrogen (secondary N) is 1. The highest BCUT2D eigenvalue weighted by molar-refractivity contribution is 5.78. The number of likely N-dealkylation sites (tertiary alicyclic amines) is 1. The monoisotopic (exact) mass is 235 g/mol. The number of nitrogens with two attached hydrogens (primary N) is 1. The summed E-state index contributed by atoms with van der Waals surface area (Å²) in [6.45, 7) is 2.52. The lowest BCUT2D eigenvalue weighted by atomic mass is 9.85. The number of nitrogens with zero attached hydrogens (tertiary/aromatic N) is 1. The molecule has 3 fully saturated rings. The average molecular weight is 235 g/mol. The van der Waals surface area contributed by atoms with Crippen LogP contribution >= 0.6 is 0 Å². The van der Waals surface area contributed by atoms with E-state index in [0.29, 0.717) is 11.3 Å². The number of fused-ring (bicyclic) bond motifs is 1. The van der Waals surface area contributed by atoms with E-state index in [1.165, 1.54) is 58.0 Å². The first-order chi connectivity index (χ1) is 8.19. The van der Waals surface area contributed by atoms with Gasteiger partial charge in [-0.15, -0.1) is 0 Å². The summed E-state index contributed by atoms with van der Waals surface area (Å²) < 4.78 is 0. The normalized spacial score (nSPS) is 35.5. The first-order valence-electron chi connectivity index (χ1n) is 7.26. The van der Waals surface area contributed by atoms with Crippen LogP contribution in [-0.2, 0) is 0 Å². The van der Waals surface area contributed by atoms with Gasteiger partial charge < -0.3 is 5.73 Å². The van der Waals surface area contributed by atoms with Crippen molar-refractivity contribution in [3.63, 3.8) is 0 Å². The van der Waals surface area contributed by atoms with Gasteiger partial charge in [-0.05, 0) is 50.0 Å². The molecule has 1 heterocycles. The standard InChI is InChI=1S/C14H25N3/c15-13(16)9-14(6-7-14)10-17-8-5-11-3-1-2-4-12(11)17/h11-12H,1-10H2,(H3,15,16). The summed E-state index contributed by atoms with van der Waals surface area (Å²) in [4.78, 5) is 2.74. The first-order valence-corrected chi connectivity index (χ1v) is 7.26. The van der Waals surface area contributed by atoms with Crippen LogP contribution in [0.1, 0.15) is 51.4 Å². The summed E-state index contributed by atoms with van der Waals surface area (Å²) in [5.41, 5.74) is 5.99. The number of hydrogen-bond acceptors (Lipinski definition) is 2. The smallest absolute Gasteiger partial charge is 0.0911 e. The van der Waals surface area contributed by atoms with Gasteiger partial charge in [0.1, 0.15) is 0 Å². The van der Waals surface area contributed by atoms with E-state index < -0.39 is 0 Å². The molecule has 17 heavy (non-hydrogen) atoms. The van der Waals surface area contributed by atoms with Gasteiger partial charge in [-0.3, -0.25) is 10.3 Å². The fourth-order valence-corrected chi connectivity index (χ4v) is 4.10. The molecule has 2 unspecified atom stereocenters. The molecule has 1 saturated heterocycles. The Morgan fingerprint density at radius 2 is 2.00 bits per heavy atom. The van der Waals surface area contributed by atoms with Gasteiger partial charge in [0.05, 0.1) is 5.84 Å². The molecule has 0 spiro atoms. The summed E-state index contributed by atoms with van der Waals surface area (Å²) in [7, 11) is 0. The topological polar surface area (TPSA) is 53.1 Å². The summed E-state index contributed by atoms with van der Waals surface area (Å²) in [6.07, 6.45) is 10.6. The fourth-order valence-electron chi connectivity index (χ4n) is 4.10. The largest absolute Gasteiger partial charge is 0.388 e. The zero-order valence-electron chi connectivity index (χ0n) is 10.8. The molecule has 0 aromatic heterocycles. The molecule has 3 N–H and O–H groups in total. The van der Waals surface area contributed by atoms with Crippen LogP contribution in [-0.4, -0.2) is 29.9 Å². The fraction of sp³-hybridized carbons (Fsp3) is 0.929. The lowest BCUT2D eigenvalue weighted by Gasteiger charge is -2.34. The van der Waals surface area contributed by atoms with Gasteiger partial charge in [-0.25, -0.2) is 0 Å². The Hall–Kier alpha value is -0.570. The lowest BCUT2D eigenvalue weighted by molar-refractivity contribution is 0.154. The number of hydrogen-bond donors (Lipinski definition) is 2. The molecule has 3 heteroatoms. The predicted molar refractivity (Wildman–Crippen MR) is 70.1 cm³/mol. The Labute approximate surface area is 104 Å². The minimum Gasteiger partial charge on any atom is -0.388 e. The third-order valence-corrected chi connectivity index (χ3v) is 5.19. The summed E-state index contributed by atoms with van der Waals surface area (Å²) in [5.74, 6) is 1.37. The molecule has 3 rings (SSSR count). The Morgan fingerprint density at radius 3 is 2.71 bits per heavy atom. The van der Waals surface area contributed by atoms with Gasteiger partial charge in [0.2, 0.25) is 0 Å². The van der Waals surface area contributed by atoms with E-state index >= 15 is 0 Å². The molecule has 0 amide bonds.